The zero-order valence-electron chi connectivity index (χ0n) is 25.4. The first-order valence-corrected chi connectivity index (χ1v) is 15.1. The van der Waals surface area contributed by atoms with Crippen LogP contribution in [0.25, 0.3) is 6.08 Å². The van der Waals surface area contributed by atoms with E-state index in [1.165, 1.54) is 23.3 Å². The SMILES string of the molecule is C=CCC(C)(C)c1csc(N[C@H](C(=O)N2C[C@H](OC(=O)N3Cc4cccc(C=C)c4C3)C[C@H]2C(=O)OC)C(C)(C)C)n1. The third-order valence-electron chi connectivity index (χ3n) is 8.02. The number of esters is 1. The van der Waals surface area contributed by atoms with E-state index in [1.807, 2.05) is 50.4 Å². The Kier molecular flexibility index (Phi) is 9.15. The van der Waals surface area contributed by atoms with Crippen molar-refractivity contribution in [3.8, 4) is 0 Å². The molecule has 42 heavy (non-hydrogen) atoms. The van der Waals surface area contributed by atoms with Crippen molar-refractivity contribution in [2.24, 2.45) is 5.41 Å². The highest BCUT2D eigenvalue weighted by molar-refractivity contribution is 7.13. The number of likely N-dealkylation sites (tertiary alicyclic amines) is 1. The zero-order valence-corrected chi connectivity index (χ0v) is 26.3. The lowest BCUT2D eigenvalue weighted by molar-refractivity contribution is -0.151. The predicted molar refractivity (Wildman–Crippen MR) is 165 cm³/mol. The molecule has 2 aliphatic rings. The normalized spacial score (nSPS) is 19.2. The lowest BCUT2D eigenvalue weighted by Gasteiger charge is -2.35. The topological polar surface area (TPSA) is 101 Å². The van der Waals surface area contributed by atoms with Crippen LogP contribution >= 0.6 is 11.3 Å². The summed E-state index contributed by atoms with van der Waals surface area (Å²) in [7, 11) is 1.30. The molecule has 0 spiro atoms. The van der Waals surface area contributed by atoms with Crippen molar-refractivity contribution in [1.29, 1.82) is 0 Å². The van der Waals surface area contributed by atoms with Gasteiger partial charge in [-0.2, -0.15) is 0 Å². The summed E-state index contributed by atoms with van der Waals surface area (Å²) in [6.07, 6.45) is 3.46. The van der Waals surface area contributed by atoms with Crippen molar-refractivity contribution >= 4 is 40.5 Å². The number of thiazole rings is 1. The first-order chi connectivity index (χ1) is 19.8. The summed E-state index contributed by atoms with van der Waals surface area (Å²) in [5.74, 6) is -0.816. The van der Waals surface area contributed by atoms with Gasteiger partial charge in [0.05, 0.1) is 25.9 Å². The molecule has 10 heteroatoms. The Bertz CT molecular complexity index is 1360. The molecule has 0 saturated carbocycles. The van der Waals surface area contributed by atoms with Gasteiger partial charge >= 0.3 is 12.1 Å². The van der Waals surface area contributed by atoms with Crippen LogP contribution in [0.4, 0.5) is 9.93 Å². The number of ether oxygens (including phenoxy) is 2. The summed E-state index contributed by atoms with van der Waals surface area (Å²) in [6.45, 7) is 18.7. The van der Waals surface area contributed by atoms with E-state index >= 15 is 0 Å². The van der Waals surface area contributed by atoms with E-state index in [2.05, 4.69) is 32.3 Å². The van der Waals surface area contributed by atoms with Gasteiger partial charge in [-0.15, -0.1) is 17.9 Å². The van der Waals surface area contributed by atoms with Crippen LogP contribution in [0.1, 0.15) is 69.8 Å². The minimum Gasteiger partial charge on any atom is -0.467 e. The van der Waals surface area contributed by atoms with Gasteiger partial charge in [-0.3, -0.25) is 9.69 Å². The van der Waals surface area contributed by atoms with E-state index in [4.69, 9.17) is 14.5 Å². The number of rotatable bonds is 9. The summed E-state index contributed by atoms with van der Waals surface area (Å²) in [4.78, 5) is 48.0. The Balaban J connectivity index is 1.50. The van der Waals surface area contributed by atoms with Crippen LogP contribution in [-0.4, -0.2) is 64.6 Å². The second-order valence-electron chi connectivity index (χ2n) is 12.7. The summed E-state index contributed by atoms with van der Waals surface area (Å²) < 4.78 is 10.9. The molecule has 3 atom stereocenters. The molecule has 1 fully saturated rings. The van der Waals surface area contributed by atoms with Crippen molar-refractivity contribution in [3.05, 3.63) is 65.2 Å². The Hall–Kier alpha value is -3.66. The first kappa shape index (κ1) is 31.3. The van der Waals surface area contributed by atoms with Crippen molar-refractivity contribution in [2.75, 3.05) is 19.0 Å². The van der Waals surface area contributed by atoms with E-state index in [0.29, 0.717) is 18.2 Å². The van der Waals surface area contributed by atoms with Gasteiger partial charge in [-0.1, -0.05) is 71.5 Å². The molecule has 2 aliphatic heterocycles. The van der Waals surface area contributed by atoms with Gasteiger partial charge in [0, 0.05) is 23.8 Å². The first-order valence-electron chi connectivity index (χ1n) is 14.2. The lowest BCUT2D eigenvalue weighted by Crippen LogP contribution is -2.52. The molecule has 1 N–H and O–H groups in total. The van der Waals surface area contributed by atoms with Crippen LogP contribution < -0.4 is 5.32 Å². The summed E-state index contributed by atoms with van der Waals surface area (Å²) in [5, 5.41) is 5.96. The number of hydrogen-bond donors (Lipinski definition) is 1. The highest BCUT2D eigenvalue weighted by Gasteiger charge is 2.47. The quantitative estimate of drug-likeness (QED) is 0.291. The fourth-order valence-electron chi connectivity index (χ4n) is 5.53. The largest absolute Gasteiger partial charge is 0.467 e. The number of fused-ring (bicyclic) bond motifs is 1. The Morgan fingerprint density at radius 1 is 1.19 bits per heavy atom. The summed E-state index contributed by atoms with van der Waals surface area (Å²) >= 11 is 1.44. The third kappa shape index (κ3) is 6.53. The molecule has 2 aromatic rings. The molecule has 4 rings (SSSR count). The standard InChI is InChI=1S/C32H42N4O5S/c1-9-14-32(6,7)25-19-42-29(33-25)34-26(31(3,4)5)27(37)36-17-22(15-24(36)28(38)40-8)41-30(39)35-16-21-13-11-12-20(10-2)23(21)18-35/h9-13,19,22,24,26H,1-2,14-18H2,3-8H3,(H,33,34)/t22-,24+,26-/m1/s1. The molecular formula is C32H42N4O5S. The summed E-state index contributed by atoms with van der Waals surface area (Å²) in [6, 6.07) is 4.35. The van der Waals surface area contributed by atoms with Crippen molar-refractivity contribution < 1.29 is 23.9 Å². The van der Waals surface area contributed by atoms with Gasteiger partial charge in [-0.05, 0) is 28.5 Å². The molecule has 1 saturated heterocycles. The fourth-order valence-corrected chi connectivity index (χ4v) is 6.46. The van der Waals surface area contributed by atoms with Gasteiger partial charge in [0.1, 0.15) is 18.2 Å². The molecule has 3 heterocycles. The molecule has 0 aliphatic carbocycles. The maximum Gasteiger partial charge on any atom is 0.410 e. The molecule has 0 unspecified atom stereocenters. The molecule has 0 radical (unpaired) electrons. The van der Waals surface area contributed by atoms with Gasteiger partial charge < -0.3 is 19.7 Å². The van der Waals surface area contributed by atoms with E-state index in [-0.39, 0.29) is 24.3 Å². The van der Waals surface area contributed by atoms with Gasteiger partial charge in [-0.25, -0.2) is 14.6 Å². The smallest absolute Gasteiger partial charge is 0.410 e. The lowest BCUT2D eigenvalue weighted by atomic mass is 9.85. The third-order valence-corrected chi connectivity index (χ3v) is 8.79. The Labute approximate surface area is 252 Å². The average molecular weight is 595 g/mol. The van der Waals surface area contributed by atoms with Gasteiger partial charge in [0.2, 0.25) is 5.91 Å². The van der Waals surface area contributed by atoms with E-state index in [0.717, 1.165) is 28.8 Å². The van der Waals surface area contributed by atoms with Gasteiger partial charge in [0.25, 0.3) is 0 Å². The molecule has 9 nitrogen and oxygen atoms in total. The molecular weight excluding hydrogens is 552 g/mol. The predicted octanol–water partition coefficient (Wildman–Crippen LogP) is 5.76. The average Bonchev–Trinajstić information content (AvgIpc) is 3.68. The minimum absolute atomic E-state index is 0.0901. The number of hydrogen-bond acceptors (Lipinski definition) is 8. The van der Waals surface area contributed by atoms with Crippen LogP contribution in [0.2, 0.25) is 0 Å². The van der Waals surface area contributed by atoms with Crippen LogP contribution in [0.3, 0.4) is 0 Å². The molecule has 1 aromatic carbocycles. The van der Waals surface area contributed by atoms with Gasteiger partial charge in [0.15, 0.2) is 5.13 Å². The van der Waals surface area contributed by atoms with E-state index < -0.39 is 35.7 Å². The number of amides is 2. The zero-order chi connectivity index (χ0) is 30.8. The molecule has 226 valence electrons. The van der Waals surface area contributed by atoms with Crippen LogP contribution in [0.5, 0.6) is 0 Å². The second kappa shape index (κ2) is 12.3. The number of nitrogens with one attached hydrogen (secondary N) is 1. The fraction of sp³-hybridized carbons (Fsp3) is 0.500. The number of aromatic nitrogens is 1. The highest BCUT2D eigenvalue weighted by Crippen LogP contribution is 2.34. The Morgan fingerprint density at radius 2 is 1.93 bits per heavy atom. The maximum atomic E-state index is 14.1. The number of methoxy groups -OCH3 is 1. The van der Waals surface area contributed by atoms with E-state index in [1.54, 1.807) is 11.0 Å². The van der Waals surface area contributed by atoms with Crippen LogP contribution in [0, 0.1) is 5.41 Å². The number of benzene rings is 1. The molecule has 0 bridgehead atoms. The summed E-state index contributed by atoms with van der Waals surface area (Å²) in [5.41, 5.74) is 3.31. The van der Waals surface area contributed by atoms with E-state index in [9.17, 15) is 14.4 Å². The van der Waals surface area contributed by atoms with Crippen molar-refractivity contribution in [2.45, 2.75) is 84.2 Å². The number of carbonyl (C=O) groups excluding carboxylic acids is 3. The number of allylic oxidation sites excluding steroid dienone is 1. The molecule has 2 amide bonds. The number of nitrogens with zero attached hydrogens (tertiary/aromatic N) is 3. The van der Waals surface area contributed by atoms with Crippen LogP contribution in [-0.2, 0) is 37.6 Å². The minimum atomic E-state index is -0.867. The number of anilines is 1. The highest BCUT2D eigenvalue weighted by atomic mass is 32.1. The monoisotopic (exact) mass is 594 g/mol. The van der Waals surface area contributed by atoms with Crippen LogP contribution in [0.15, 0.2) is 42.8 Å². The number of carbonyl (C=O) groups is 3. The maximum absolute atomic E-state index is 14.1. The molecule has 1 aromatic heterocycles. The Morgan fingerprint density at radius 3 is 2.57 bits per heavy atom. The second-order valence-corrected chi connectivity index (χ2v) is 13.5. The van der Waals surface area contributed by atoms with Crippen molar-refractivity contribution in [3.63, 3.8) is 0 Å². The van der Waals surface area contributed by atoms with Crippen molar-refractivity contribution in [1.82, 2.24) is 14.8 Å².